The summed E-state index contributed by atoms with van der Waals surface area (Å²) in [5, 5.41) is 11.6. The molecule has 47 heavy (non-hydrogen) atoms. The van der Waals surface area contributed by atoms with Gasteiger partial charge in [-0.05, 0) is 53.9 Å². The van der Waals surface area contributed by atoms with Gasteiger partial charge < -0.3 is 19.1 Å². The van der Waals surface area contributed by atoms with E-state index in [4.69, 9.17) is 21.1 Å². The zero-order valence-electron chi connectivity index (χ0n) is 25.9. The van der Waals surface area contributed by atoms with Gasteiger partial charge in [-0.3, -0.25) is 9.78 Å². The van der Waals surface area contributed by atoms with Crippen LogP contribution in [0.5, 0.6) is 11.5 Å². The number of thioether (sulfide) groups is 1. The van der Waals surface area contributed by atoms with Crippen LogP contribution < -0.4 is 9.47 Å². The van der Waals surface area contributed by atoms with Crippen molar-refractivity contribution < 1.29 is 19.4 Å². The van der Waals surface area contributed by atoms with Gasteiger partial charge in [0, 0.05) is 50.0 Å². The average molecular weight is 661 g/mol. The number of nitrogens with zero attached hydrogens (tertiary/aromatic N) is 2. The molecule has 0 bridgehead atoms. The Balaban J connectivity index is 1.24. The number of benzene rings is 4. The molecular formula is C39H33ClN2O4S. The third-order valence-corrected chi connectivity index (χ3v) is 9.86. The lowest BCUT2D eigenvalue weighted by Crippen LogP contribution is -2.11. The summed E-state index contributed by atoms with van der Waals surface area (Å²) in [6, 6.07) is 33.8. The molecule has 1 unspecified atom stereocenters. The molecule has 6 nitrogen and oxygen atoms in total. The summed E-state index contributed by atoms with van der Waals surface area (Å²) in [5.41, 5.74) is 8.12. The molecular weight excluding hydrogens is 628 g/mol. The number of ether oxygens (including phenoxy) is 2. The van der Waals surface area contributed by atoms with Gasteiger partial charge in [-0.15, -0.1) is 11.8 Å². The number of aliphatic carboxylic acids is 1. The monoisotopic (exact) mass is 660 g/mol. The molecule has 4 aromatic carbocycles. The molecule has 0 amide bonds. The lowest BCUT2D eigenvalue weighted by molar-refractivity contribution is -0.136. The maximum atomic E-state index is 11.5. The first-order valence-corrected chi connectivity index (χ1v) is 16.8. The Bertz CT molecular complexity index is 2060. The van der Waals surface area contributed by atoms with Crippen LogP contribution in [0.3, 0.4) is 0 Å². The predicted molar refractivity (Wildman–Crippen MR) is 188 cm³/mol. The van der Waals surface area contributed by atoms with E-state index in [1.165, 1.54) is 15.8 Å². The number of hydrogen-bond donors (Lipinski definition) is 1. The maximum absolute atomic E-state index is 11.5. The summed E-state index contributed by atoms with van der Waals surface area (Å²) < 4.78 is 15.2. The van der Waals surface area contributed by atoms with E-state index in [1.807, 2.05) is 78.6 Å². The molecule has 6 aromatic rings. The fourth-order valence-electron chi connectivity index (χ4n) is 6.21. The number of para-hydroxylation sites is 1. The highest BCUT2D eigenvalue weighted by Crippen LogP contribution is 2.47. The summed E-state index contributed by atoms with van der Waals surface area (Å²) in [7, 11) is 0. The molecule has 236 valence electrons. The smallest absolute Gasteiger partial charge is 0.307 e. The van der Waals surface area contributed by atoms with Crippen molar-refractivity contribution >= 4 is 40.2 Å². The third-order valence-electron chi connectivity index (χ3n) is 8.38. The van der Waals surface area contributed by atoms with Crippen LogP contribution in [0.25, 0.3) is 22.0 Å². The molecule has 2 aromatic heterocycles. The van der Waals surface area contributed by atoms with Crippen LogP contribution in [0, 0.1) is 0 Å². The van der Waals surface area contributed by atoms with Gasteiger partial charge in [0.25, 0.3) is 0 Å². The predicted octanol–water partition coefficient (Wildman–Crippen LogP) is 9.23. The van der Waals surface area contributed by atoms with Crippen molar-refractivity contribution in [3.8, 4) is 22.6 Å². The molecule has 8 heteroatoms. The first-order chi connectivity index (χ1) is 22.9. The Morgan fingerprint density at radius 3 is 2.51 bits per heavy atom. The number of carboxylic acid groups (broad SMARTS) is 1. The minimum atomic E-state index is -0.893. The van der Waals surface area contributed by atoms with Crippen molar-refractivity contribution in [3.05, 3.63) is 142 Å². The highest BCUT2D eigenvalue weighted by Gasteiger charge is 2.29. The van der Waals surface area contributed by atoms with E-state index in [0.717, 1.165) is 45.8 Å². The number of pyridine rings is 1. The van der Waals surface area contributed by atoms with E-state index in [2.05, 4.69) is 52.9 Å². The van der Waals surface area contributed by atoms with Crippen LogP contribution in [0.4, 0.5) is 0 Å². The van der Waals surface area contributed by atoms with Gasteiger partial charge >= 0.3 is 5.97 Å². The Kier molecular flexibility index (Phi) is 8.92. The molecule has 0 radical (unpaired) electrons. The molecule has 3 heterocycles. The molecule has 1 atom stereocenters. The van der Waals surface area contributed by atoms with Crippen molar-refractivity contribution in [1.82, 2.24) is 9.55 Å². The second-order valence-corrected chi connectivity index (χ2v) is 13.6. The van der Waals surface area contributed by atoms with Crippen LogP contribution in [0.15, 0.2) is 114 Å². The summed E-state index contributed by atoms with van der Waals surface area (Å²) in [5.74, 6) is 0.541. The van der Waals surface area contributed by atoms with E-state index in [1.54, 1.807) is 6.07 Å². The molecule has 0 saturated carbocycles. The van der Waals surface area contributed by atoms with Crippen molar-refractivity contribution in [2.24, 2.45) is 0 Å². The Labute approximate surface area is 283 Å². The van der Waals surface area contributed by atoms with Crippen molar-refractivity contribution in [2.75, 3.05) is 0 Å². The van der Waals surface area contributed by atoms with E-state index in [-0.39, 0.29) is 13.0 Å². The lowest BCUT2D eigenvalue weighted by Gasteiger charge is -2.22. The lowest BCUT2D eigenvalue weighted by atomic mass is 10.0. The van der Waals surface area contributed by atoms with Crippen molar-refractivity contribution in [1.29, 1.82) is 0 Å². The maximum Gasteiger partial charge on any atom is 0.307 e. The second-order valence-electron chi connectivity index (χ2n) is 11.7. The number of rotatable bonds is 11. The fraction of sp³-hybridized carbons (Fsp3) is 0.179. The Hall–Kier alpha value is -4.72. The summed E-state index contributed by atoms with van der Waals surface area (Å²) in [6.07, 6.45) is 2.66. The Morgan fingerprint density at radius 2 is 1.72 bits per heavy atom. The molecule has 1 aliphatic rings. The first-order valence-electron chi connectivity index (χ1n) is 15.6. The van der Waals surface area contributed by atoms with Gasteiger partial charge in [0.15, 0.2) is 0 Å². The molecule has 1 aliphatic heterocycles. The number of carboxylic acids is 1. The van der Waals surface area contributed by atoms with Gasteiger partial charge in [0.1, 0.15) is 24.7 Å². The van der Waals surface area contributed by atoms with Crippen LogP contribution in [0.1, 0.15) is 35.0 Å². The van der Waals surface area contributed by atoms with E-state index in [0.29, 0.717) is 34.7 Å². The Morgan fingerprint density at radius 1 is 0.915 bits per heavy atom. The van der Waals surface area contributed by atoms with Gasteiger partial charge in [-0.1, -0.05) is 85.3 Å². The largest absolute Gasteiger partial charge is 0.487 e. The molecule has 0 saturated heterocycles. The van der Waals surface area contributed by atoms with Gasteiger partial charge in [-0.2, -0.15) is 0 Å². The highest BCUT2D eigenvalue weighted by atomic mass is 35.5. The zero-order valence-corrected chi connectivity index (χ0v) is 27.4. The van der Waals surface area contributed by atoms with Crippen LogP contribution in [-0.2, 0) is 37.4 Å². The molecule has 1 N–H and O–H groups in total. The summed E-state index contributed by atoms with van der Waals surface area (Å²) >= 11 is 8.24. The number of hydrogen-bond acceptors (Lipinski definition) is 5. The fourth-order valence-corrected chi connectivity index (χ4v) is 7.72. The normalized spacial score (nSPS) is 13.9. The summed E-state index contributed by atoms with van der Waals surface area (Å²) in [4.78, 5) is 17.4. The van der Waals surface area contributed by atoms with Crippen molar-refractivity contribution in [2.45, 2.75) is 49.7 Å². The van der Waals surface area contributed by atoms with Crippen LogP contribution >= 0.6 is 23.4 Å². The van der Waals surface area contributed by atoms with Crippen LogP contribution in [0.2, 0.25) is 5.02 Å². The average Bonchev–Trinajstić information content (AvgIpc) is 3.36. The number of carbonyl (C=O) groups is 1. The minimum Gasteiger partial charge on any atom is -0.487 e. The van der Waals surface area contributed by atoms with Gasteiger partial charge in [0.05, 0.1) is 23.3 Å². The second kappa shape index (κ2) is 13.6. The molecule has 0 fully saturated rings. The first kappa shape index (κ1) is 30.9. The number of aromatic nitrogens is 2. The van der Waals surface area contributed by atoms with Gasteiger partial charge in [0.2, 0.25) is 0 Å². The molecule has 0 spiro atoms. The quantitative estimate of drug-likeness (QED) is 0.149. The highest BCUT2D eigenvalue weighted by molar-refractivity contribution is 8.00. The topological polar surface area (TPSA) is 73.6 Å². The SMILES string of the molecule is CC1Cc2c(OCc3ccc(-c4ccccc4)cn3)ccc3c2c(c(COc2ccccc2CC(=O)O)n3Cc2cccc(Cl)c2)S1. The van der Waals surface area contributed by atoms with E-state index in [9.17, 15) is 9.90 Å². The van der Waals surface area contributed by atoms with Crippen molar-refractivity contribution in [3.63, 3.8) is 0 Å². The zero-order chi connectivity index (χ0) is 32.3. The standard InChI is InChI=1S/C39H33ClN2O4S/c1-25-18-32-36(45-23-31-15-14-29(21-41-31)27-9-3-2-4-10-27)17-16-33-38(32)39(47-25)34(42(33)22-26-8-7-12-30(40)19-26)24-46-35-13-6-5-11-28(35)20-37(43)44/h2-17,19,21,25H,18,20,22-24H2,1H3,(H,43,44). The van der Waals surface area contributed by atoms with Gasteiger partial charge in [-0.25, -0.2) is 0 Å². The van der Waals surface area contributed by atoms with E-state index < -0.39 is 5.97 Å². The molecule has 0 aliphatic carbocycles. The molecule has 7 rings (SSSR count). The van der Waals surface area contributed by atoms with E-state index >= 15 is 0 Å². The van der Waals surface area contributed by atoms with Crippen LogP contribution in [-0.4, -0.2) is 25.9 Å². The summed E-state index contributed by atoms with van der Waals surface area (Å²) in [6.45, 7) is 3.50. The number of halogens is 1. The minimum absolute atomic E-state index is 0.102. The third kappa shape index (κ3) is 6.73.